The van der Waals surface area contributed by atoms with Gasteiger partial charge in [-0.2, -0.15) is 0 Å². The Morgan fingerprint density at radius 3 is 2.33 bits per heavy atom. The van der Waals surface area contributed by atoms with Crippen LogP contribution >= 0.6 is 0 Å². The molecule has 5 nitrogen and oxygen atoms in total. The number of rotatable bonds is 5. The Morgan fingerprint density at radius 1 is 1.19 bits per heavy atom. The van der Waals surface area contributed by atoms with Crippen molar-refractivity contribution in [2.75, 3.05) is 39.8 Å². The molecule has 1 aliphatic carbocycles. The van der Waals surface area contributed by atoms with Crippen LogP contribution in [0.15, 0.2) is 0 Å². The number of amides is 1. The van der Waals surface area contributed by atoms with Crippen LogP contribution in [0.4, 0.5) is 0 Å². The average molecular weight is 296 g/mol. The van der Waals surface area contributed by atoms with Crippen molar-refractivity contribution >= 4 is 5.91 Å². The lowest BCUT2D eigenvalue weighted by molar-refractivity contribution is -0.122. The Kier molecular flexibility index (Phi) is 5.28. The smallest absolute Gasteiger partial charge is 0.221 e. The van der Waals surface area contributed by atoms with E-state index in [0.717, 1.165) is 51.9 Å². The third-order valence-corrected chi connectivity index (χ3v) is 5.19. The van der Waals surface area contributed by atoms with E-state index >= 15 is 0 Å². The van der Waals surface area contributed by atoms with E-state index in [2.05, 4.69) is 36.0 Å². The lowest BCUT2D eigenvalue weighted by Crippen LogP contribution is -2.58. The number of hydrogen-bond acceptors (Lipinski definition) is 4. The summed E-state index contributed by atoms with van der Waals surface area (Å²) in [5.74, 6) is 0.113. The second-order valence-electron chi connectivity index (χ2n) is 7.63. The normalized spacial score (nSPS) is 24.2. The van der Waals surface area contributed by atoms with Gasteiger partial charge in [0.15, 0.2) is 0 Å². The maximum absolute atomic E-state index is 12.2. The summed E-state index contributed by atoms with van der Waals surface area (Å²) in [5.41, 5.74) is 6.04. The number of nitrogens with zero attached hydrogens (tertiary/aromatic N) is 2. The Balaban J connectivity index is 1.76. The zero-order chi connectivity index (χ0) is 15.5. The molecule has 0 aromatic rings. The lowest BCUT2D eigenvalue weighted by atomic mass is 9.94. The molecular formula is C16H32N4O. The molecule has 1 amide bonds. The van der Waals surface area contributed by atoms with E-state index in [9.17, 15) is 4.79 Å². The van der Waals surface area contributed by atoms with Crippen molar-refractivity contribution in [3.8, 4) is 0 Å². The molecule has 2 aliphatic rings. The van der Waals surface area contributed by atoms with Crippen molar-refractivity contribution in [3.05, 3.63) is 0 Å². The Labute approximate surface area is 129 Å². The molecule has 3 N–H and O–H groups in total. The largest absolute Gasteiger partial charge is 0.354 e. The summed E-state index contributed by atoms with van der Waals surface area (Å²) in [5, 5.41) is 3.11. The maximum atomic E-state index is 12.2. The molecule has 0 aromatic heterocycles. The highest BCUT2D eigenvalue weighted by Gasteiger charge is 2.33. The maximum Gasteiger partial charge on any atom is 0.221 e. The second-order valence-corrected chi connectivity index (χ2v) is 7.63. The third kappa shape index (κ3) is 4.66. The molecular weight excluding hydrogens is 264 g/mol. The number of nitrogens with one attached hydrogen (secondary N) is 1. The van der Waals surface area contributed by atoms with E-state index < -0.39 is 0 Å². The van der Waals surface area contributed by atoms with Crippen LogP contribution in [0.2, 0.25) is 0 Å². The van der Waals surface area contributed by atoms with Crippen LogP contribution < -0.4 is 11.1 Å². The Hall–Kier alpha value is -0.650. The zero-order valence-corrected chi connectivity index (χ0v) is 14.0. The van der Waals surface area contributed by atoms with Gasteiger partial charge in [-0.1, -0.05) is 12.8 Å². The molecule has 5 heteroatoms. The van der Waals surface area contributed by atoms with Crippen LogP contribution in [0.5, 0.6) is 0 Å². The van der Waals surface area contributed by atoms with Gasteiger partial charge in [0.2, 0.25) is 5.91 Å². The van der Waals surface area contributed by atoms with E-state index in [1.165, 1.54) is 0 Å². The summed E-state index contributed by atoms with van der Waals surface area (Å²) >= 11 is 0. The molecule has 1 aliphatic heterocycles. The highest BCUT2D eigenvalue weighted by atomic mass is 16.1. The van der Waals surface area contributed by atoms with Gasteiger partial charge in [-0.3, -0.25) is 9.69 Å². The fourth-order valence-electron chi connectivity index (χ4n) is 3.48. The van der Waals surface area contributed by atoms with E-state index in [0.29, 0.717) is 13.0 Å². The molecule has 0 radical (unpaired) electrons. The quantitative estimate of drug-likeness (QED) is 0.787. The van der Waals surface area contributed by atoms with E-state index in [-0.39, 0.29) is 17.0 Å². The molecule has 122 valence electrons. The van der Waals surface area contributed by atoms with Crippen molar-refractivity contribution in [3.63, 3.8) is 0 Å². The highest BCUT2D eigenvalue weighted by Crippen LogP contribution is 2.29. The molecule has 0 bridgehead atoms. The van der Waals surface area contributed by atoms with Crippen molar-refractivity contribution in [1.82, 2.24) is 15.1 Å². The summed E-state index contributed by atoms with van der Waals surface area (Å²) in [4.78, 5) is 17.0. The van der Waals surface area contributed by atoms with E-state index in [1.54, 1.807) is 0 Å². The van der Waals surface area contributed by atoms with Crippen LogP contribution in [-0.4, -0.2) is 66.6 Å². The molecule has 1 saturated heterocycles. The predicted molar refractivity (Wildman–Crippen MR) is 86.2 cm³/mol. The Bertz CT molecular complexity index is 355. The topological polar surface area (TPSA) is 61.6 Å². The monoisotopic (exact) mass is 296 g/mol. The van der Waals surface area contributed by atoms with Crippen molar-refractivity contribution < 1.29 is 4.79 Å². The standard InChI is InChI=1S/C16H32N4O/c1-15(2,20-10-8-19(3)9-11-20)13-18-14(21)12-16(17)6-4-5-7-16/h4-13,17H2,1-3H3,(H,18,21). The van der Waals surface area contributed by atoms with Gasteiger partial charge in [-0.25, -0.2) is 0 Å². The van der Waals surface area contributed by atoms with Crippen molar-refractivity contribution in [1.29, 1.82) is 0 Å². The van der Waals surface area contributed by atoms with Crippen LogP contribution in [0, 0.1) is 0 Å². The third-order valence-electron chi connectivity index (χ3n) is 5.19. The van der Waals surface area contributed by atoms with Crippen LogP contribution in [0.3, 0.4) is 0 Å². The van der Waals surface area contributed by atoms with Crippen molar-refractivity contribution in [2.45, 2.75) is 57.0 Å². The van der Waals surface area contributed by atoms with Gasteiger partial charge in [0.05, 0.1) is 0 Å². The summed E-state index contributed by atoms with van der Waals surface area (Å²) in [7, 11) is 2.16. The van der Waals surface area contributed by atoms with Gasteiger partial charge < -0.3 is 16.0 Å². The minimum atomic E-state index is -0.248. The number of piperazine rings is 1. The molecule has 0 spiro atoms. The van der Waals surface area contributed by atoms with Crippen LogP contribution in [0.1, 0.15) is 46.0 Å². The average Bonchev–Trinajstić information content (AvgIpc) is 2.83. The van der Waals surface area contributed by atoms with Crippen LogP contribution in [-0.2, 0) is 4.79 Å². The fourth-order valence-corrected chi connectivity index (χ4v) is 3.48. The summed E-state index contributed by atoms with van der Waals surface area (Å²) < 4.78 is 0. The van der Waals surface area contributed by atoms with Gasteiger partial charge >= 0.3 is 0 Å². The predicted octanol–water partition coefficient (Wildman–Crippen LogP) is 0.790. The Morgan fingerprint density at radius 2 is 1.76 bits per heavy atom. The second kappa shape index (κ2) is 6.63. The first-order valence-electron chi connectivity index (χ1n) is 8.30. The molecule has 0 unspecified atom stereocenters. The minimum absolute atomic E-state index is 0.00829. The first kappa shape index (κ1) is 16.7. The number of hydrogen-bond donors (Lipinski definition) is 2. The number of carbonyl (C=O) groups is 1. The van der Waals surface area contributed by atoms with E-state index in [4.69, 9.17) is 5.73 Å². The van der Waals surface area contributed by atoms with Gasteiger partial charge in [0, 0.05) is 50.2 Å². The molecule has 2 fully saturated rings. The summed E-state index contributed by atoms with van der Waals surface area (Å²) in [6, 6.07) is 0. The number of likely N-dealkylation sites (N-methyl/N-ethyl adjacent to an activating group) is 1. The lowest BCUT2D eigenvalue weighted by Gasteiger charge is -2.43. The SMILES string of the molecule is CN1CCN(C(C)(C)CNC(=O)CC2(N)CCCC2)CC1. The van der Waals surface area contributed by atoms with Crippen LogP contribution in [0.25, 0.3) is 0 Å². The zero-order valence-electron chi connectivity index (χ0n) is 14.0. The van der Waals surface area contributed by atoms with Gasteiger partial charge in [-0.05, 0) is 33.7 Å². The fraction of sp³-hybridized carbons (Fsp3) is 0.938. The van der Waals surface area contributed by atoms with E-state index in [1.807, 2.05) is 0 Å². The van der Waals surface area contributed by atoms with Gasteiger partial charge in [-0.15, -0.1) is 0 Å². The minimum Gasteiger partial charge on any atom is -0.354 e. The molecule has 1 saturated carbocycles. The summed E-state index contributed by atoms with van der Waals surface area (Å²) in [6.45, 7) is 9.47. The highest BCUT2D eigenvalue weighted by molar-refractivity contribution is 5.77. The molecule has 2 rings (SSSR count). The summed E-state index contributed by atoms with van der Waals surface area (Å²) in [6.07, 6.45) is 4.78. The first-order valence-corrected chi connectivity index (χ1v) is 8.30. The number of nitrogens with two attached hydrogens (primary N) is 1. The number of carbonyl (C=O) groups excluding carboxylic acids is 1. The van der Waals surface area contributed by atoms with Gasteiger partial charge in [0.1, 0.15) is 0 Å². The molecule has 21 heavy (non-hydrogen) atoms. The molecule has 1 heterocycles. The molecule has 0 atom stereocenters. The first-order chi connectivity index (χ1) is 9.81. The van der Waals surface area contributed by atoms with Gasteiger partial charge in [0.25, 0.3) is 0 Å². The molecule has 0 aromatic carbocycles. The van der Waals surface area contributed by atoms with Crippen molar-refractivity contribution in [2.24, 2.45) is 5.73 Å².